The van der Waals surface area contributed by atoms with Gasteiger partial charge in [-0.2, -0.15) is 0 Å². The minimum atomic E-state index is -0.619. The van der Waals surface area contributed by atoms with Crippen molar-refractivity contribution in [2.75, 3.05) is 19.8 Å². The molecule has 102 valence electrons. The van der Waals surface area contributed by atoms with Crippen LogP contribution in [0.2, 0.25) is 0 Å². The number of aryl methyl sites for hydroxylation is 1. The minimum absolute atomic E-state index is 0.0929. The monoisotopic (exact) mass is 253 g/mol. The van der Waals surface area contributed by atoms with Crippen LogP contribution in [0.5, 0.6) is 5.75 Å². The van der Waals surface area contributed by atoms with Crippen LogP contribution >= 0.6 is 0 Å². The molecule has 0 saturated carbocycles. The van der Waals surface area contributed by atoms with E-state index < -0.39 is 6.10 Å². The van der Waals surface area contributed by atoms with Crippen molar-refractivity contribution in [2.45, 2.75) is 32.9 Å². The molecule has 2 atom stereocenters. The first-order valence-corrected chi connectivity index (χ1v) is 6.29. The Morgan fingerprint density at radius 2 is 2.06 bits per heavy atom. The zero-order valence-corrected chi connectivity index (χ0v) is 11.3. The smallest absolute Gasteiger partial charge is 0.124 e. The van der Waals surface area contributed by atoms with E-state index in [0.717, 1.165) is 16.9 Å². The van der Waals surface area contributed by atoms with Crippen molar-refractivity contribution in [1.82, 2.24) is 0 Å². The lowest BCUT2D eigenvalue weighted by atomic mass is 10.1. The van der Waals surface area contributed by atoms with Crippen LogP contribution in [-0.4, -0.2) is 31.0 Å². The molecule has 0 saturated heterocycles. The van der Waals surface area contributed by atoms with Gasteiger partial charge in [0.05, 0.1) is 6.61 Å². The molecule has 0 aromatic heterocycles. The molecule has 0 heterocycles. The van der Waals surface area contributed by atoms with Gasteiger partial charge in [-0.05, 0) is 32.4 Å². The van der Waals surface area contributed by atoms with Gasteiger partial charge in [0.1, 0.15) is 18.5 Å². The van der Waals surface area contributed by atoms with E-state index >= 15 is 0 Å². The maximum atomic E-state index is 9.66. The summed E-state index contributed by atoms with van der Waals surface area (Å²) in [6, 6.07) is 5.81. The van der Waals surface area contributed by atoms with Gasteiger partial charge in [0.2, 0.25) is 0 Å². The molecule has 0 aliphatic heterocycles. The summed E-state index contributed by atoms with van der Waals surface area (Å²) in [5.41, 5.74) is 7.94. The van der Waals surface area contributed by atoms with Gasteiger partial charge in [0, 0.05) is 18.2 Å². The highest BCUT2D eigenvalue weighted by atomic mass is 16.5. The molecule has 1 aromatic carbocycles. The summed E-state index contributed by atoms with van der Waals surface area (Å²) in [5.74, 6) is 0.737. The topological polar surface area (TPSA) is 64.7 Å². The van der Waals surface area contributed by atoms with Crippen LogP contribution in [0.4, 0.5) is 0 Å². The van der Waals surface area contributed by atoms with Gasteiger partial charge in [-0.1, -0.05) is 12.1 Å². The molecule has 3 N–H and O–H groups in total. The average Bonchev–Trinajstić information content (AvgIpc) is 2.33. The lowest BCUT2D eigenvalue weighted by molar-refractivity contribution is 0.0162. The zero-order valence-electron chi connectivity index (χ0n) is 11.3. The Kier molecular flexibility index (Phi) is 6.12. The number of nitrogens with two attached hydrogens (primary N) is 1. The first-order valence-electron chi connectivity index (χ1n) is 6.29. The Morgan fingerprint density at radius 1 is 1.33 bits per heavy atom. The van der Waals surface area contributed by atoms with Crippen molar-refractivity contribution in [3.8, 4) is 5.75 Å². The van der Waals surface area contributed by atoms with Gasteiger partial charge in [-0.15, -0.1) is 0 Å². The summed E-state index contributed by atoms with van der Waals surface area (Å²) < 4.78 is 10.8. The number of ether oxygens (including phenoxy) is 2. The molecule has 18 heavy (non-hydrogen) atoms. The second-order valence-corrected chi connectivity index (χ2v) is 4.45. The van der Waals surface area contributed by atoms with Crippen LogP contribution in [0.3, 0.4) is 0 Å². The van der Waals surface area contributed by atoms with Crippen LogP contribution in [0.25, 0.3) is 0 Å². The highest BCUT2D eigenvalue weighted by molar-refractivity contribution is 5.38. The molecule has 0 spiro atoms. The summed E-state index contributed by atoms with van der Waals surface area (Å²) >= 11 is 0. The Labute approximate surface area is 109 Å². The standard InChI is InChI=1S/C14H23NO3/c1-4-17-8-12(16)9-18-14-7-10(2)5-6-13(14)11(3)15/h5-7,11-12,16H,4,8-9,15H2,1-3H3/t11-,12?/m1/s1. The van der Waals surface area contributed by atoms with Crippen LogP contribution < -0.4 is 10.5 Å². The van der Waals surface area contributed by atoms with E-state index in [-0.39, 0.29) is 19.3 Å². The first kappa shape index (κ1) is 15.0. The van der Waals surface area contributed by atoms with E-state index in [1.807, 2.05) is 39.0 Å². The maximum Gasteiger partial charge on any atom is 0.124 e. The molecule has 0 amide bonds. The molecule has 0 aliphatic carbocycles. The predicted octanol–water partition coefficient (Wildman–Crippen LogP) is 1.79. The number of hydrogen-bond acceptors (Lipinski definition) is 4. The van der Waals surface area contributed by atoms with E-state index in [9.17, 15) is 5.11 Å². The molecular formula is C14H23NO3. The molecule has 1 rings (SSSR count). The van der Waals surface area contributed by atoms with E-state index in [0.29, 0.717) is 6.61 Å². The van der Waals surface area contributed by atoms with Crippen molar-refractivity contribution < 1.29 is 14.6 Å². The van der Waals surface area contributed by atoms with Crippen LogP contribution in [0.15, 0.2) is 18.2 Å². The Balaban J connectivity index is 2.62. The Bertz CT molecular complexity index is 366. The molecule has 0 fully saturated rings. The summed E-state index contributed by atoms with van der Waals surface area (Å²) in [6.07, 6.45) is -0.619. The Morgan fingerprint density at radius 3 is 2.67 bits per heavy atom. The fourth-order valence-corrected chi connectivity index (χ4v) is 1.63. The number of aliphatic hydroxyl groups is 1. The fourth-order valence-electron chi connectivity index (χ4n) is 1.63. The predicted molar refractivity (Wildman–Crippen MR) is 71.8 cm³/mol. The third-order valence-electron chi connectivity index (χ3n) is 2.61. The lowest BCUT2D eigenvalue weighted by Gasteiger charge is -2.17. The second kappa shape index (κ2) is 7.36. The van der Waals surface area contributed by atoms with Crippen molar-refractivity contribution in [3.05, 3.63) is 29.3 Å². The summed E-state index contributed by atoms with van der Waals surface area (Å²) in [7, 11) is 0. The summed E-state index contributed by atoms with van der Waals surface area (Å²) in [4.78, 5) is 0. The molecule has 0 radical (unpaired) electrons. The van der Waals surface area contributed by atoms with Gasteiger partial charge in [0.15, 0.2) is 0 Å². The lowest BCUT2D eigenvalue weighted by Crippen LogP contribution is -2.24. The average molecular weight is 253 g/mol. The maximum absolute atomic E-state index is 9.66. The summed E-state index contributed by atoms with van der Waals surface area (Å²) in [5, 5.41) is 9.66. The minimum Gasteiger partial charge on any atom is -0.490 e. The largest absolute Gasteiger partial charge is 0.490 e. The quantitative estimate of drug-likeness (QED) is 0.777. The highest BCUT2D eigenvalue weighted by Gasteiger charge is 2.11. The second-order valence-electron chi connectivity index (χ2n) is 4.45. The fraction of sp³-hybridized carbons (Fsp3) is 0.571. The number of hydrogen-bond donors (Lipinski definition) is 2. The van der Waals surface area contributed by atoms with Crippen molar-refractivity contribution in [3.63, 3.8) is 0 Å². The van der Waals surface area contributed by atoms with Crippen molar-refractivity contribution in [2.24, 2.45) is 5.73 Å². The number of aliphatic hydroxyl groups excluding tert-OH is 1. The molecular weight excluding hydrogens is 230 g/mol. The molecule has 1 unspecified atom stereocenters. The van der Waals surface area contributed by atoms with Gasteiger partial charge in [-0.25, -0.2) is 0 Å². The number of rotatable bonds is 7. The molecule has 4 nitrogen and oxygen atoms in total. The first-order chi connectivity index (χ1) is 8.54. The highest BCUT2D eigenvalue weighted by Crippen LogP contribution is 2.25. The zero-order chi connectivity index (χ0) is 13.5. The molecule has 0 bridgehead atoms. The van der Waals surface area contributed by atoms with Gasteiger partial charge in [0.25, 0.3) is 0 Å². The molecule has 0 aliphatic rings. The van der Waals surface area contributed by atoms with Crippen LogP contribution in [0, 0.1) is 6.92 Å². The van der Waals surface area contributed by atoms with Crippen LogP contribution in [-0.2, 0) is 4.74 Å². The van der Waals surface area contributed by atoms with Gasteiger partial charge < -0.3 is 20.3 Å². The van der Waals surface area contributed by atoms with Crippen molar-refractivity contribution in [1.29, 1.82) is 0 Å². The van der Waals surface area contributed by atoms with Crippen molar-refractivity contribution >= 4 is 0 Å². The third-order valence-corrected chi connectivity index (χ3v) is 2.61. The van der Waals surface area contributed by atoms with E-state index in [1.54, 1.807) is 0 Å². The SMILES string of the molecule is CCOCC(O)COc1cc(C)ccc1[C@@H](C)N. The van der Waals surface area contributed by atoms with E-state index in [4.69, 9.17) is 15.2 Å². The normalized spacial score (nSPS) is 14.3. The van der Waals surface area contributed by atoms with Gasteiger partial charge >= 0.3 is 0 Å². The summed E-state index contributed by atoms with van der Waals surface area (Å²) in [6.45, 7) is 6.89. The van der Waals surface area contributed by atoms with Crippen LogP contribution in [0.1, 0.15) is 31.0 Å². The molecule has 4 heteroatoms. The third kappa shape index (κ3) is 4.64. The molecule has 1 aromatic rings. The Hall–Kier alpha value is -1.10. The van der Waals surface area contributed by atoms with E-state index in [2.05, 4.69) is 0 Å². The number of benzene rings is 1. The van der Waals surface area contributed by atoms with Gasteiger partial charge in [-0.3, -0.25) is 0 Å². The van der Waals surface area contributed by atoms with E-state index in [1.165, 1.54) is 0 Å².